The second kappa shape index (κ2) is 16.8. The first-order valence-corrected chi connectivity index (χ1v) is 11.5. The first-order valence-electron chi connectivity index (χ1n) is 10.7. The number of amides is 2. The average Bonchev–Trinajstić information content (AvgIpc) is 2.71. The number of thiocarbonyl (C=S) groups is 2. The predicted molar refractivity (Wildman–Crippen MR) is 139 cm³/mol. The van der Waals surface area contributed by atoms with Crippen molar-refractivity contribution in [3.63, 3.8) is 0 Å². The van der Waals surface area contributed by atoms with Crippen LogP contribution in [0.5, 0.6) is 0 Å². The topological polar surface area (TPSA) is 176 Å². The van der Waals surface area contributed by atoms with Gasteiger partial charge in [-0.1, -0.05) is 33.0 Å². The van der Waals surface area contributed by atoms with Crippen LogP contribution in [0.15, 0.2) is 5.10 Å². The number of hydrogen-bond acceptors (Lipinski definition) is 9. The molecule has 0 aromatic rings. The SMILES string of the molecule is C/C=N/NC(=S)NNC(=O)CN(CCN(CC(=O)O)CC(=O)NCC(=S)CC(C)(C)C)CC(=O)O. The number of carbonyl (C=O) groups excluding carboxylic acids is 2. The smallest absolute Gasteiger partial charge is 0.317 e. The highest BCUT2D eigenvalue weighted by molar-refractivity contribution is 7.80. The maximum Gasteiger partial charge on any atom is 0.317 e. The van der Waals surface area contributed by atoms with Crippen LogP contribution >= 0.6 is 24.4 Å². The number of nitrogens with zero attached hydrogens (tertiary/aromatic N) is 3. The molecule has 0 saturated carbocycles. The Kier molecular flexibility index (Phi) is 15.5. The number of hydrazone groups is 1. The van der Waals surface area contributed by atoms with Gasteiger partial charge >= 0.3 is 11.9 Å². The molecule has 0 saturated heterocycles. The van der Waals surface area contributed by atoms with Crippen molar-refractivity contribution in [2.75, 3.05) is 45.8 Å². The van der Waals surface area contributed by atoms with E-state index in [-0.39, 0.29) is 43.3 Å². The van der Waals surface area contributed by atoms with Crippen LogP contribution in [-0.2, 0) is 19.2 Å². The Morgan fingerprint density at radius 2 is 1.40 bits per heavy atom. The molecule has 0 bridgehead atoms. The van der Waals surface area contributed by atoms with Crippen molar-refractivity contribution in [1.29, 1.82) is 0 Å². The van der Waals surface area contributed by atoms with Gasteiger partial charge in [0.05, 0.1) is 26.2 Å². The van der Waals surface area contributed by atoms with E-state index in [9.17, 15) is 24.3 Å². The molecule has 0 unspecified atom stereocenters. The summed E-state index contributed by atoms with van der Waals surface area (Å²) < 4.78 is 0. The fourth-order valence-corrected chi connectivity index (χ4v) is 3.33. The minimum atomic E-state index is -1.17. The number of hydrogen-bond donors (Lipinski definition) is 6. The Hall–Kier alpha value is -2.75. The van der Waals surface area contributed by atoms with Crippen LogP contribution in [0.3, 0.4) is 0 Å². The highest BCUT2D eigenvalue weighted by Crippen LogP contribution is 2.18. The zero-order valence-electron chi connectivity index (χ0n) is 20.4. The second-order valence-electron chi connectivity index (χ2n) is 8.76. The van der Waals surface area contributed by atoms with Crippen LogP contribution in [0.4, 0.5) is 0 Å². The highest BCUT2D eigenvalue weighted by Gasteiger charge is 2.19. The molecule has 0 aromatic heterocycles. The molecule has 0 spiro atoms. The van der Waals surface area contributed by atoms with E-state index < -0.39 is 36.8 Å². The number of carboxylic acid groups (broad SMARTS) is 2. The van der Waals surface area contributed by atoms with Gasteiger partial charge in [-0.15, -0.1) is 0 Å². The Bertz CT molecular complexity index is 801. The maximum atomic E-state index is 12.3. The summed E-state index contributed by atoms with van der Waals surface area (Å²) in [6.07, 6.45) is 2.10. The molecule has 2 amide bonds. The van der Waals surface area contributed by atoms with Gasteiger partial charge in [-0.25, -0.2) is 0 Å². The van der Waals surface area contributed by atoms with Gasteiger partial charge in [0.2, 0.25) is 11.0 Å². The van der Waals surface area contributed by atoms with Crippen LogP contribution in [0.1, 0.15) is 34.1 Å². The summed E-state index contributed by atoms with van der Waals surface area (Å²) in [6, 6.07) is 0. The van der Waals surface area contributed by atoms with Crippen LogP contribution in [0, 0.1) is 5.41 Å². The van der Waals surface area contributed by atoms with Gasteiger partial charge < -0.3 is 15.5 Å². The van der Waals surface area contributed by atoms with Crippen molar-refractivity contribution < 1.29 is 29.4 Å². The number of aliphatic carboxylic acids is 2. The summed E-state index contributed by atoms with van der Waals surface area (Å²) in [7, 11) is 0. The molecular formula is C20H35N7O6S2. The maximum absolute atomic E-state index is 12.3. The molecule has 0 fully saturated rings. The number of carbonyl (C=O) groups is 4. The van der Waals surface area contributed by atoms with Crippen molar-refractivity contribution in [3.8, 4) is 0 Å². The quantitative estimate of drug-likeness (QED) is 0.0878. The van der Waals surface area contributed by atoms with E-state index >= 15 is 0 Å². The zero-order valence-corrected chi connectivity index (χ0v) is 22.1. The van der Waals surface area contributed by atoms with Gasteiger partial charge in [0.25, 0.3) is 5.91 Å². The lowest BCUT2D eigenvalue weighted by Crippen LogP contribution is -2.51. The lowest BCUT2D eigenvalue weighted by molar-refractivity contribution is -0.141. The molecule has 0 aliphatic heterocycles. The normalized spacial score (nSPS) is 11.4. The Labute approximate surface area is 215 Å². The monoisotopic (exact) mass is 533 g/mol. The first kappa shape index (κ1) is 32.2. The van der Waals surface area contributed by atoms with Gasteiger partial charge in [-0.05, 0) is 31.0 Å². The molecule has 15 heteroatoms. The minimum Gasteiger partial charge on any atom is -0.480 e. The fraction of sp³-hybridized carbons (Fsp3) is 0.650. The molecule has 0 aliphatic rings. The molecule has 0 heterocycles. The Morgan fingerprint density at radius 3 is 1.86 bits per heavy atom. The molecule has 6 N–H and O–H groups in total. The third-order valence-corrected chi connectivity index (χ3v) is 4.49. The minimum absolute atomic E-state index is 0.0164. The summed E-state index contributed by atoms with van der Waals surface area (Å²) in [5, 5.41) is 24.7. The van der Waals surface area contributed by atoms with E-state index in [2.05, 4.69) is 26.7 Å². The van der Waals surface area contributed by atoms with Crippen molar-refractivity contribution >= 4 is 64.4 Å². The summed E-state index contributed by atoms with van der Waals surface area (Å²) >= 11 is 10.2. The third kappa shape index (κ3) is 19.3. The molecule has 0 radical (unpaired) electrons. The Balaban J connectivity index is 4.87. The summed E-state index contributed by atoms with van der Waals surface area (Å²) in [4.78, 5) is 50.2. The van der Waals surface area contributed by atoms with Gasteiger partial charge in [-0.2, -0.15) is 5.10 Å². The third-order valence-electron chi connectivity index (χ3n) is 4.01. The molecular weight excluding hydrogens is 498 g/mol. The standard InChI is InChI=1S/C20H35N7O6S2/c1-5-22-24-19(35)25-23-16(29)11-27(13-18(32)33)7-6-26(12-17(30)31)10-15(28)21-9-14(34)8-20(2,3)4/h5H,6-13H2,1-4H3,(H,21,28)(H,23,29)(H,30,31)(H,32,33)(H2,24,25,35)/b22-5+. The predicted octanol–water partition coefficient (Wildman–Crippen LogP) is -0.817. The number of hydrazine groups is 1. The lowest BCUT2D eigenvalue weighted by Gasteiger charge is -2.25. The first-order chi connectivity index (χ1) is 16.2. The summed E-state index contributed by atoms with van der Waals surface area (Å²) in [5.74, 6) is -3.31. The number of carboxylic acids is 2. The van der Waals surface area contributed by atoms with E-state index in [1.54, 1.807) is 6.92 Å². The van der Waals surface area contributed by atoms with Crippen LogP contribution < -0.4 is 21.6 Å². The fourth-order valence-electron chi connectivity index (χ4n) is 2.72. The van der Waals surface area contributed by atoms with Gasteiger partial charge in [0.15, 0.2) is 0 Å². The largest absolute Gasteiger partial charge is 0.480 e. The van der Waals surface area contributed by atoms with Crippen molar-refractivity contribution in [3.05, 3.63) is 0 Å². The van der Waals surface area contributed by atoms with Crippen molar-refractivity contribution in [2.45, 2.75) is 34.1 Å². The van der Waals surface area contributed by atoms with Crippen molar-refractivity contribution in [2.24, 2.45) is 10.5 Å². The number of rotatable bonds is 15. The molecule has 0 aliphatic carbocycles. The second-order valence-corrected chi connectivity index (χ2v) is 9.75. The van der Waals surface area contributed by atoms with E-state index in [4.69, 9.17) is 29.5 Å². The van der Waals surface area contributed by atoms with Crippen molar-refractivity contribution in [1.82, 2.24) is 31.4 Å². The van der Waals surface area contributed by atoms with Crippen LogP contribution in [0.2, 0.25) is 0 Å². The van der Waals surface area contributed by atoms with Gasteiger partial charge in [0.1, 0.15) is 0 Å². The molecule has 0 aromatic carbocycles. The van der Waals surface area contributed by atoms with E-state index in [0.717, 1.165) is 0 Å². The average molecular weight is 534 g/mol. The van der Waals surface area contributed by atoms with Gasteiger partial charge in [-0.3, -0.25) is 45.3 Å². The lowest BCUT2D eigenvalue weighted by atomic mass is 9.90. The molecule has 35 heavy (non-hydrogen) atoms. The highest BCUT2D eigenvalue weighted by atomic mass is 32.1. The van der Waals surface area contributed by atoms with Crippen LogP contribution in [-0.4, -0.2) is 106 Å². The van der Waals surface area contributed by atoms with E-state index in [1.165, 1.54) is 16.0 Å². The molecule has 13 nitrogen and oxygen atoms in total. The Morgan fingerprint density at radius 1 is 0.886 bits per heavy atom. The molecule has 0 atom stereocenters. The van der Waals surface area contributed by atoms with E-state index in [0.29, 0.717) is 11.3 Å². The van der Waals surface area contributed by atoms with E-state index in [1.807, 2.05) is 20.8 Å². The van der Waals surface area contributed by atoms with Crippen LogP contribution in [0.25, 0.3) is 0 Å². The molecule has 198 valence electrons. The summed E-state index contributed by atoms with van der Waals surface area (Å²) in [5.41, 5.74) is 7.14. The zero-order chi connectivity index (χ0) is 27.0. The summed E-state index contributed by atoms with van der Waals surface area (Å²) in [6.45, 7) is 6.56. The molecule has 0 rings (SSSR count). The number of nitrogens with one attached hydrogen (secondary N) is 4. The van der Waals surface area contributed by atoms with Gasteiger partial charge in [0, 0.05) is 30.7 Å².